The zero-order valence-electron chi connectivity index (χ0n) is 21.2. The third-order valence-corrected chi connectivity index (χ3v) is 7.10. The number of fused-ring (bicyclic) bond motifs is 3. The minimum atomic E-state index is -1.26. The molecular weight excluding hydrogens is 444 g/mol. The number of carbonyl (C=O) groups is 3. The lowest BCUT2D eigenvalue weighted by molar-refractivity contribution is -0.156. The van der Waals surface area contributed by atoms with E-state index in [9.17, 15) is 19.5 Å². The second-order valence-corrected chi connectivity index (χ2v) is 9.96. The summed E-state index contributed by atoms with van der Waals surface area (Å²) in [6.07, 6.45) is 1.56. The lowest BCUT2D eigenvalue weighted by Gasteiger charge is -2.33. The van der Waals surface area contributed by atoms with Crippen LogP contribution in [0.25, 0.3) is 11.1 Å². The molecule has 2 aromatic carbocycles. The van der Waals surface area contributed by atoms with Gasteiger partial charge in [0.1, 0.15) is 12.1 Å². The summed E-state index contributed by atoms with van der Waals surface area (Å²) in [6, 6.07) is 16.3. The van der Waals surface area contributed by atoms with Crippen LogP contribution in [0.3, 0.4) is 0 Å². The topological polar surface area (TPSA) is 95.9 Å². The molecule has 2 N–H and O–H groups in total. The van der Waals surface area contributed by atoms with Crippen LogP contribution in [0.1, 0.15) is 64.0 Å². The Morgan fingerprint density at radius 1 is 1.00 bits per heavy atom. The summed E-state index contributed by atoms with van der Waals surface area (Å²) in [6.45, 7) is 7.01. The van der Waals surface area contributed by atoms with Crippen molar-refractivity contribution in [1.29, 1.82) is 0 Å². The predicted octanol–water partition coefficient (Wildman–Crippen LogP) is 5.04. The summed E-state index contributed by atoms with van der Waals surface area (Å²) in [7, 11) is 1.52. The molecular formula is C28H36N2O5. The van der Waals surface area contributed by atoms with Crippen LogP contribution in [0.4, 0.5) is 4.79 Å². The summed E-state index contributed by atoms with van der Waals surface area (Å²) in [5.41, 5.74) is 3.45. The molecule has 0 aromatic heterocycles. The molecule has 0 bridgehead atoms. The second-order valence-electron chi connectivity index (χ2n) is 9.96. The van der Waals surface area contributed by atoms with Gasteiger partial charge in [-0.25, -0.2) is 9.59 Å². The minimum absolute atomic E-state index is 0.0161. The van der Waals surface area contributed by atoms with E-state index < -0.39 is 17.6 Å². The van der Waals surface area contributed by atoms with E-state index in [4.69, 9.17) is 4.74 Å². The van der Waals surface area contributed by atoms with Crippen molar-refractivity contribution in [3.05, 3.63) is 59.7 Å². The molecule has 2 atom stereocenters. The van der Waals surface area contributed by atoms with Crippen LogP contribution >= 0.6 is 0 Å². The Labute approximate surface area is 207 Å². The maximum atomic E-state index is 12.6. The number of nitrogens with zero attached hydrogens (tertiary/aromatic N) is 1. The molecule has 1 aliphatic rings. The van der Waals surface area contributed by atoms with Gasteiger partial charge in [-0.15, -0.1) is 0 Å². The molecule has 0 saturated carbocycles. The predicted molar refractivity (Wildman–Crippen MR) is 135 cm³/mol. The Balaban J connectivity index is 1.45. The van der Waals surface area contributed by atoms with E-state index in [-0.39, 0.29) is 30.4 Å². The van der Waals surface area contributed by atoms with Crippen LogP contribution in [0.15, 0.2) is 48.5 Å². The van der Waals surface area contributed by atoms with Gasteiger partial charge in [-0.05, 0) is 55.9 Å². The maximum Gasteiger partial charge on any atom is 0.407 e. The highest BCUT2D eigenvalue weighted by Gasteiger charge is 2.36. The van der Waals surface area contributed by atoms with E-state index in [1.165, 1.54) is 48.0 Å². The van der Waals surface area contributed by atoms with Gasteiger partial charge in [-0.2, -0.15) is 0 Å². The van der Waals surface area contributed by atoms with E-state index >= 15 is 0 Å². The quantitative estimate of drug-likeness (QED) is 0.497. The van der Waals surface area contributed by atoms with Gasteiger partial charge in [0, 0.05) is 24.9 Å². The number of rotatable bonds is 10. The first-order valence-electron chi connectivity index (χ1n) is 12.2. The number of benzene rings is 2. The van der Waals surface area contributed by atoms with Gasteiger partial charge in [0.2, 0.25) is 5.91 Å². The molecule has 0 heterocycles. The molecule has 2 aromatic rings. The molecule has 0 aliphatic heterocycles. The SMILES string of the molecule is CC(CCCC(C)C(=O)N(C)C(C)(C)C(=O)O)NC(=O)OCC1c2ccccc2-c2ccccc21. The highest BCUT2D eigenvalue weighted by atomic mass is 16.5. The summed E-state index contributed by atoms with van der Waals surface area (Å²) in [4.78, 5) is 37.8. The van der Waals surface area contributed by atoms with Gasteiger partial charge in [0.25, 0.3) is 0 Å². The number of hydrogen-bond acceptors (Lipinski definition) is 4. The number of aliphatic carboxylic acids is 1. The van der Waals surface area contributed by atoms with Crippen molar-refractivity contribution in [3.63, 3.8) is 0 Å². The molecule has 35 heavy (non-hydrogen) atoms. The average Bonchev–Trinajstić information content (AvgIpc) is 3.15. The first-order chi connectivity index (χ1) is 16.5. The molecule has 1 aliphatic carbocycles. The van der Waals surface area contributed by atoms with Crippen LogP contribution in [-0.2, 0) is 14.3 Å². The summed E-state index contributed by atoms with van der Waals surface area (Å²) >= 11 is 0. The van der Waals surface area contributed by atoms with Crippen molar-refractivity contribution in [2.24, 2.45) is 5.92 Å². The van der Waals surface area contributed by atoms with Crippen molar-refractivity contribution < 1.29 is 24.2 Å². The first-order valence-corrected chi connectivity index (χ1v) is 12.2. The lowest BCUT2D eigenvalue weighted by Crippen LogP contribution is -2.52. The first kappa shape index (κ1) is 26.3. The highest BCUT2D eigenvalue weighted by molar-refractivity contribution is 5.87. The molecule has 3 rings (SSSR count). The monoisotopic (exact) mass is 480 g/mol. The van der Waals surface area contributed by atoms with Crippen LogP contribution < -0.4 is 5.32 Å². The Bertz CT molecular complexity index is 1040. The zero-order chi connectivity index (χ0) is 25.8. The normalized spacial score (nSPS) is 14.4. The molecule has 0 fully saturated rings. The van der Waals surface area contributed by atoms with Crippen molar-refractivity contribution >= 4 is 18.0 Å². The number of amides is 2. The fourth-order valence-corrected chi connectivity index (χ4v) is 4.52. The summed E-state index contributed by atoms with van der Waals surface area (Å²) in [5.74, 6) is -1.53. The molecule has 7 nitrogen and oxygen atoms in total. The molecule has 0 spiro atoms. The van der Waals surface area contributed by atoms with Crippen molar-refractivity contribution in [3.8, 4) is 11.1 Å². The van der Waals surface area contributed by atoms with Gasteiger partial charge < -0.3 is 20.1 Å². The van der Waals surface area contributed by atoms with Gasteiger partial charge in [0.05, 0.1) is 0 Å². The molecule has 0 saturated heterocycles. The fourth-order valence-electron chi connectivity index (χ4n) is 4.52. The van der Waals surface area contributed by atoms with Crippen LogP contribution in [-0.4, -0.2) is 53.2 Å². The van der Waals surface area contributed by atoms with Crippen LogP contribution in [0.2, 0.25) is 0 Å². The molecule has 188 valence electrons. The van der Waals surface area contributed by atoms with Crippen molar-refractivity contribution in [2.75, 3.05) is 13.7 Å². The standard InChI is InChI=1S/C28H36N2O5/c1-18(25(31)30(5)28(3,4)26(32)33)11-10-12-19(2)29-27(34)35-17-24-22-15-8-6-13-20(22)21-14-7-9-16-23(21)24/h6-9,13-16,18-19,24H,10-12,17H2,1-5H3,(H,29,34)(H,32,33). The zero-order valence-corrected chi connectivity index (χ0v) is 21.2. The molecule has 0 radical (unpaired) electrons. The Hall–Kier alpha value is -3.35. The summed E-state index contributed by atoms with van der Waals surface area (Å²) in [5, 5.41) is 12.2. The molecule has 2 amide bonds. The Morgan fingerprint density at radius 3 is 2.09 bits per heavy atom. The summed E-state index contributed by atoms with van der Waals surface area (Å²) < 4.78 is 5.60. The number of nitrogens with one attached hydrogen (secondary N) is 1. The number of ether oxygens (including phenoxy) is 1. The second kappa shape index (κ2) is 10.9. The smallest absolute Gasteiger partial charge is 0.407 e. The average molecular weight is 481 g/mol. The van der Waals surface area contributed by atoms with Gasteiger partial charge in [-0.3, -0.25) is 4.79 Å². The van der Waals surface area contributed by atoms with Gasteiger partial charge in [0.15, 0.2) is 0 Å². The minimum Gasteiger partial charge on any atom is -0.480 e. The number of hydrogen-bond donors (Lipinski definition) is 2. The number of carbonyl (C=O) groups excluding carboxylic acids is 2. The maximum absolute atomic E-state index is 12.6. The van der Waals surface area contributed by atoms with E-state index in [0.717, 1.165) is 6.42 Å². The number of carboxylic acids is 1. The Morgan fingerprint density at radius 2 is 1.54 bits per heavy atom. The van der Waals surface area contributed by atoms with E-state index in [0.29, 0.717) is 12.8 Å². The number of carboxylic acid groups (broad SMARTS) is 1. The van der Waals surface area contributed by atoms with Crippen LogP contribution in [0.5, 0.6) is 0 Å². The van der Waals surface area contributed by atoms with E-state index in [1.807, 2.05) is 31.2 Å². The van der Waals surface area contributed by atoms with Crippen molar-refractivity contribution in [1.82, 2.24) is 10.2 Å². The van der Waals surface area contributed by atoms with E-state index in [1.54, 1.807) is 6.92 Å². The number of likely N-dealkylation sites (N-methyl/N-ethyl adjacent to an activating group) is 1. The fraction of sp³-hybridized carbons (Fsp3) is 0.464. The van der Waals surface area contributed by atoms with Gasteiger partial charge in [-0.1, -0.05) is 61.9 Å². The van der Waals surface area contributed by atoms with Crippen molar-refractivity contribution in [2.45, 2.75) is 64.5 Å². The largest absolute Gasteiger partial charge is 0.480 e. The van der Waals surface area contributed by atoms with Gasteiger partial charge >= 0.3 is 12.1 Å². The van der Waals surface area contributed by atoms with Crippen LogP contribution in [0, 0.1) is 5.92 Å². The molecule has 2 unspecified atom stereocenters. The lowest BCUT2D eigenvalue weighted by atomic mass is 9.97. The third-order valence-electron chi connectivity index (χ3n) is 7.10. The third kappa shape index (κ3) is 5.84. The molecule has 7 heteroatoms. The number of alkyl carbamates (subject to hydrolysis) is 1. The Kier molecular flexibility index (Phi) is 8.20. The highest BCUT2D eigenvalue weighted by Crippen LogP contribution is 2.44. The van der Waals surface area contributed by atoms with E-state index in [2.05, 4.69) is 29.6 Å².